The van der Waals surface area contributed by atoms with Gasteiger partial charge < -0.3 is 5.32 Å². The van der Waals surface area contributed by atoms with E-state index in [9.17, 15) is 0 Å². The minimum atomic E-state index is 0.764. The minimum absolute atomic E-state index is 0.764. The SMILES string of the molecule is Cc1[nH]ncc1CNCc1cnc(C)n1-c1ccccc1. The third-order valence-corrected chi connectivity index (χ3v) is 3.58. The van der Waals surface area contributed by atoms with Crippen molar-refractivity contribution in [1.82, 2.24) is 25.1 Å². The smallest absolute Gasteiger partial charge is 0.110 e. The normalized spacial score (nSPS) is 11.0. The van der Waals surface area contributed by atoms with Gasteiger partial charge in [0.2, 0.25) is 0 Å². The molecule has 0 amide bonds. The van der Waals surface area contributed by atoms with E-state index in [0.717, 1.165) is 36.0 Å². The molecule has 0 atom stereocenters. The number of rotatable bonds is 5. The Morgan fingerprint density at radius 3 is 2.62 bits per heavy atom. The van der Waals surface area contributed by atoms with Crippen LogP contribution in [0.5, 0.6) is 0 Å². The van der Waals surface area contributed by atoms with Crippen LogP contribution in [0.3, 0.4) is 0 Å². The number of hydrogen-bond donors (Lipinski definition) is 2. The first kappa shape index (κ1) is 13.6. The summed E-state index contributed by atoms with van der Waals surface area (Å²) in [5.74, 6) is 0.998. The van der Waals surface area contributed by atoms with Gasteiger partial charge in [0, 0.05) is 30.0 Å². The lowest BCUT2D eigenvalue weighted by atomic mass is 10.2. The summed E-state index contributed by atoms with van der Waals surface area (Å²) in [5, 5.41) is 10.4. The summed E-state index contributed by atoms with van der Waals surface area (Å²) >= 11 is 0. The number of nitrogens with zero attached hydrogens (tertiary/aromatic N) is 3. The van der Waals surface area contributed by atoms with Gasteiger partial charge in [0.25, 0.3) is 0 Å². The molecule has 0 fully saturated rings. The second kappa shape index (κ2) is 5.93. The van der Waals surface area contributed by atoms with E-state index in [0.29, 0.717) is 0 Å². The molecule has 2 aromatic heterocycles. The molecule has 1 aromatic carbocycles. The average Bonchev–Trinajstić information content (AvgIpc) is 3.07. The van der Waals surface area contributed by atoms with Crippen molar-refractivity contribution in [2.75, 3.05) is 0 Å². The quantitative estimate of drug-likeness (QED) is 0.755. The van der Waals surface area contributed by atoms with Crippen LogP contribution in [0.2, 0.25) is 0 Å². The molecule has 0 saturated carbocycles. The summed E-state index contributed by atoms with van der Waals surface area (Å²) < 4.78 is 2.18. The lowest BCUT2D eigenvalue weighted by Crippen LogP contribution is -2.16. The highest BCUT2D eigenvalue weighted by molar-refractivity contribution is 5.35. The Balaban J connectivity index is 1.73. The molecular formula is C16H19N5. The lowest BCUT2D eigenvalue weighted by Gasteiger charge is -2.11. The fourth-order valence-electron chi connectivity index (χ4n) is 2.42. The molecule has 2 N–H and O–H groups in total. The number of aromatic amines is 1. The summed E-state index contributed by atoms with van der Waals surface area (Å²) in [7, 11) is 0. The van der Waals surface area contributed by atoms with Crippen LogP contribution in [0, 0.1) is 13.8 Å². The predicted molar refractivity (Wildman–Crippen MR) is 82.2 cm³/mol. The zero-order valence-electron chi connectivity index (χ0n) is 12.3. The van der Waals surface area contributed by atoms with Gasteiger partial charge in [-0.15, -0.1) is 0 Å². The van der Waals surface area contributed by atoms with Gasteiger partial charge in [-0.25, -0.2) is 4.98 Å². The molecular weight excluding hydrogens is 262 g/mol. The summed E-state index contributed by atoms with van der Waals surface area (Å²) in [6.45, 7) is 5.61. The summed E-state index contributed by atoms with van der Waals surface area (Å²) in [4.78, 5) is 4.43. The van der Waals surface area contributed by atoms with E-state index in [1.54, 1.807) is 0 Å². The maximum Gasteiger partial charge on any atom is 0.110 e. The highest BCUT2D eigenvalue weighted by Gasteiger charge is 2.08. The van der Waals surface area contributed by atoms with Gasteiger partial charge in [0.15, 0.2) is 0 Å². The second-order valence-corrected chi connectivity index (χ2v) is 5.09. The van der Waals surface area contributed by atoms with Gasteiger partial charge in [-0.3, -0.25) is 9.67 Å². The second-order valence-electron chi connectivity index (χ2n) is 5.09. The van der Waals surface area contributed by atoms with E-state index >= 15 is 0 Å². The molecule has 2 heterocycles. The molecule has 5 heteroatoms. The van der Waals surface area contributed by atoms with Crippen LogP contribution in [0.15, 0.2) is 42.7 Å². The fraction of sp³-hybridized carbons (Fsp3) is 0.250. The highest BCUT2D eigenvalue weighted by Crippen LogP contribution is 2.14. The Morgan fingerprint density at radius 2 is 1.90 bits per heavy atom. The summed E-state index contributed by atoms with van der Waals surface area (Å²) in [6, 6.07) is 10.3. The van der Waals surface area contributed by atoms with Crippen LogP contribution in [0.25, 0.3) is 5.69 Å². The number of aromatic nitrogens is 4. The number of aryl methyl sites for hydroxylation is 2. The molecule has 0 radical (unpaired) electrons. The van der Waals surface area contributed by atoms with Gasteiger partial charge >= 0.3 is 0 Å². The van der Waals surface area contributed by atoms with E-state index < -0.39 is 0 Å². The number of hydrogen-bond acceptors (Lipinski definition) is 3. The number of imidazole rings is 1. The van der Waals surface area contributed by atoms with Crippen LogP contribution in [-0.2, 0) is 13.1 Å². The molecule has 0 unspecified atom stereocenters. The van der Waals surface area contributed by atoms with Crippen LogP contribution in [-0.4, -0.2) is 19.7 Å². The molecule has 0 aliphatic carbocycles. The van der Waals surface area contributed by atoms with E-state index in [4.69, 9.17) is 0 Å². The van der Waals surface area contributed by atoms with Crippen molar-refractivity contribution in [3.63, 3.8) is 0 Å². The molecule has 5 nitrogen and oxygen atoms in total. The molecule has 108 valence electrons. The van der Waals surface area contributed by atoms with Crippen molar-refractivity contribution in [3.8, 4) is 5.69 Å². The first-order valence-corrected chi connectivity index (χ1v) is 7.04. The van der Waals surface area contributed by atoms with Crippen molar-refractivity contribution in [1.29, 1.82) is 0 Å². The third-order valence-electron chi connectivity index (χ3n) is 3.58. The molecule has 3 rings (SSSR count). The largest absolute Gasteiger partial charge is 0.307 e. The minimum Gasteiger partial charge on any atom is -0.307 e. The van der Waals surface area contributed by atoms with E-state index in [1.165, 1.54) is 5.56 Å². The zero-order valence-corrected chi connectivity index (χ0v) is 12.3. The van der Waals surface area contributed by atoms with Crippen LogP contribution >= 0.6 is 0 Å². The predicted octanol–water partition coefficient (Wildman–Crippen LogP) is 2.50. The Bertz CT molecular complexity index is 711. The van der Waals surface area contributed by atoms with E-state index in [1.807, 2.05) is 44.4 Å². The Hall–Kier alpha value is -2.40. The Labute approximate surface area is 124 Å². The highest BCUT2D eigenvalue weighted by atomic mass is 15.1. The topological polar surface area (TPSA) is 58.5 Å². The van der Waals surface area contributed by atoms with Crippen molar-refractivity contribution >= 4 is 0 Å². The van der Waals surface area contributed by atoms with Crippen LogP contribution in [0.1, 0.15) is 22.8 Å². The third kappa shape index (κ3) is 2.87. The van der Waals surface area contributed by atoms with E-state index in [2.05, 4.69) is 37.2 Å². The lowest BCUT2D eigenvalue weighted by molar-refractivity contribution is 0.665. The zero-order chi connectivity index (χ0) is 14.7. The molecule has 0 aliphatic heterocycles. The molecule has 0 saturated heterocycles. The van der Waals surface area contributed by atoms with Crippen LogP contribution in [0.4, 0.5) is 0 Å². The molecule has 3 aromatic rings. The maximum absolute atomic E-state index is 4.43. The number of nitrogens with one attached hydrogen (secondary N) is 2. The van der Waals surface area contributed by atoms with Gasteiger partial charge in [0.05, 0.1) is 18.1 Å². The van der Waals surface area contributed by atoms with Crippen molar-refractivity contribution in [2.24, 2.45) is 0 Å². The van der Waals surface area contributed by atoms with Crippen LogP contribution < -0.4 is 5.32 Å². The monoisotopic (exact) mass is 281 g/mol. The first-order chi connectivity index (χ1) is 10.3. The fourth-order valence-corrected chi connectivity index (χ4v) is 2.42. The standard InChI is InChI=1S/C16H19N5/c1-12-14(9-19-20-12)8-17-10-16-11-18-13(2)21(16)15-6-4-3-5-7-15/h3-7,9,11,17H,8,10H2,1-2H3,(H,19,20). The molecule has 21 heavy (non-hydrogen) atoms. The average molecular weight is 281 g/mol. The molecule has 0 bridgehead atoms. The van der Waals surface area contributed by atoms with E-state index in [-0.39, 0.29) is 0 Å². The number of H-pyrrole nitrogens is 1. The summed E-state index contributed by atoms with van der Waals surface area (Å²) in [5.41, 5.74) is 4.59. The maximum atomic E-state index is 4.43. The van der Waals surface area contributed by atoms with Gasteiger partial charge in [-0.1, -0.05) is 18.2 Å². The van der Waals surface area contributed by atoms with Gasteiger partial charge in [-0.05, 0) is 26.0 Å². The van der Waals surface area contributed by atoms with Crippen molar-refractivity contribution in [3.05, 3.63) is 65.5 Å². The van der Waals surface area contributed by atoms with Gasteiger partial charge in [-0.2, -0.15) is 5.10 Å². The van der Waals surface area contributed by atoms with Crippen molar-refractivity contribution < 1.29 is 0 Å². The van der Waals surface area contributed by atoms with Crippen molar-refractivity contribution in [2.45, 2.75) is 26.9 Å². The molecule has 0 spiro atoms. The number of para-hydroxylation sites is 1. The number of benzene rings is 1. The molecule has 0 aliphatic rings. The summed E-state index contributed by atoms with van der Waals surface area (Å²) in [6.07, 6.45) is 3.79. The Kier molecular flexibility index (Phi) is 3.83. The Morgan fingerprint density at radius 1 is 1.10 bits per heavy atom. The van der Waals surface area contributed by atoms with Gasteiger partial charge in [0.1, 0.15) is 5.82 Å². The first-order valence-electron chi connectivity index (χ1n) is 7.04.